The summed E-state index contributed by atoms with van der Waals surface area (Å²) in [6, 6.07) is 7.20. The van der Waals surface area contributed by atoms with E-state index in [1.54, 1.807) is 18.2 Å². The van der Waals surface area contributed by atoms with Crippen LogP contribution in [-0.2, 0) is 35.1 Å². The zero-order valence-electron chi connectivity index (χ0n) is 9.53. The first-order chi connectivity index (χ1) is 8.81. The molecule has 0 radical (unpaired) electrons. The van der Waals surface area contributed by atoms with Crippen LogP contribution >= 0.6 is 0 Å². The lowest BCUT2D eigenvalue weighted by atomic mass is 10.1. The van der Waals surface area contributed by atoms with Crippen molar-refractivity contribution in [3.05, 3.63) is 35.4 Å². The van der Waals surface area contributed by atoms with Gasteiger partial charge in [-0.3, -0.25) is 4.79 Å². The summed E-state index contributed by atoms with van der Waals surface area (Å²) in [6.07, 6.45) is -0.670. The second-order valence-electron chi connectivity index (χ2n) is 3.60. The van der Waals surface area contributed by atoms with Crippen molar-refractivity contribution in [2.45, 2.75) is 12.7 Å². The second kappa shape index (κ2) is 6.13. The van der Waals surface area contributed by atoms with Gasteiger partial charge in [-0.2, -0.15) is 0 Å². The molecule has 1 aromatic rings. The fraction of sp³-hybridized carbons (Fsp3) is 0.333. The van der Waals surface area contributed by atoms with Crippen molar-refractivity contribution >= 4 is 12.4 Å². The first-order valence-corrected chi connectivity index (χ1v) is 5.31. The van der Waals surface area contributed by atoms with E-state index < -0.39 is 12.1 Å². The van der Waals surface area contributed by atoms with Gasteiger partial charge in [0.15, 0.2) is 19.7 Å². The minimum Gasteiger partial charge on any atom is -0.441 e. The van der Waals surface area contributed by atoms with Crippen LogP contribution in [0.3, 0.4) is 0 Å². The maximum absolute atomic E-state index is 11.3. The molecule has 6 nitrogen and oxygen atoms in total. The summed E-state index contributed by atoms with van der Waals surface area (Å²) < 4.78 is 19.4. The highest BCUT2D eigenvalue weighted by Crippen LogP contribution is 2.24. The van der Waals surface area contributed by atoms with E-state index in [4.69, 9.17) is 14.2 Å². The monoisotopic (exact) mass is 252 g/mol. The highest BCUT2D eigenvalue weighted by molar-refractivity contribution is 5.77. The summed E-state index contributed by atoms with van der Waals surface area (Å²) in [5.41, 5.74) is 1.57. The van der Waals surface area contributed by atoms with Gasteiger partial charge < -0.3 is 18.9 Å². The number of rotatable bonds is 6. The summed E-state index contributed by atoms with van der Waals surface area (Å²) >= 11 is 0. The van der Waals surface area contributed by atoms with Crippen LogP contribution in [0.1, 0.15) is 17.2 Å². The van der Waals surface area contributed by atoms with Crippen LogP contribution in [0.15, 0.2) is 24.3 Å². The third-order valence-electron chi connectivity index (χ3n) is 2.39. The molecule has 1 fully saturated rings. The van der Waals surface area contributed by atoms with Crippen LogP contribution in [0.4, 0.5) is 0 Å². The molecule has 1 atom stereocenters. The highest BCUT2D eigenvalue weighted by atomic mass is 16.7. The van der Waals surface area contributed by atoms with Crippen LogP contribution in [-0.4, -0.2) is 26.0 Å². The van der Waals surface area contributed by atoms with E-state index in [2.05, 4.69) is 4.74 Å². The van der Waals surface area contributed by atoms with Gasteiger partial charge in [-0.25, -0.2) is 4.79 Å². The summed E-state index contributed by atoms with van der Waals surface area (Å²) in [5, 5.41) is 0. The quantitative estimate of drug-likeness (QED) is 0.324. The lowest BCUT2D eigenvalue weighted by Gasteiger charge is -2.08. The second-order valence-corrected chi connectivity index (χ2v) is 3.60. The molecule has 0 unspecified atom stereocenters. The first kappa shape index (κ1) is 12.5. The maximum Gasteiger partial charge on any atom is 0.342 e. The van der Waals surface area contributed by atoms with Crippen molar-refractivity contribution in [2.24, 2.45) is 0 Å². The van der Waals surface area contributed by atoms with Gasteiger partial charge in [0.2, 0.25) is 0 Å². The van der Waals surface area contributed by atoms with Crippen molar-refractivity contribution < 1.29 is 28.5 Å². The lowest BCUT2D eigenvalue weighted by Crippen LogP contribution is -2.07. The van der Waals surface area contributed by atoms with Gasteiger partial charge in [0, 0.05) is 0 Å². The Morgan fingerprint density at radius 3 is 3.06 bits per heavy atom. The molecule has 0 bridgehead atoms. The minimum atomic E-state index is -0.670. The fourth-order valence-electron chi connectivity index (χ4n) is 1.62. The molecular weight excluding hydrogens is 240 g/mol. The molecule has 96 valence electrons. The van der Waals surface area contributed by atoms with Crippen LogP contribution < -0.4 is 0 Å². The van der Waals surface area contributed by atoms with Gasteiger partial charge in [-0.1, -0.05) is 24.3 Å². The number of cyclic esters (lactones) is 1. The Morgan fingerprint density at radius 1 is 1.44 bits per heavy atom. The number of benzene rings is 1. The molecule has 18 heavy (non-hydrogen) atoms. The fourth-order valence-corrected chi connectivity index (χ4v) is 1.62. The summed E-state index contributed by atoms with van der Waals surface area (Å²) in [7, 11) is 0. The average molecular weight is 252 g/mol. The lowest BCUT2D eigenvalue weighted by molar-refractivity contribution is -0.142. The molecule has 2 rings (SSSR count). The molecule has 6 heteroatoms. The smallest absolute Gasteiger partial charge is 0.342 e. The van der Waals surface area contributed by atoms with E-state index in [0.717, 1.165) is 11.1 Å². The number of carbonyl (C=O) groups excluding carboxylic acids is 2. The molecular formula is C12H12O6. The Morgan fingerprint density at radius 2 is 2.33 bits per heavy atom. The normalized spacial score (nSPS) is 18.4. The predicted molar refractivity (Wildman–Crippen MR) is 58.0 cm³/mol. The van der Waals surface area contributed by atoms with Crippen molar-refractivity contribution in [1.82, 2.24) is 0 Å². The van der Waals surface area contributed by atoms with Gasteiger partial charge in [-0.15, -0.1) is 0 Å². The van der Waals surface area contributed by atoms with E-state index >= 15 is 0 Å². The molecule has 1 aromatic carbocycles. The van der Waals surface area contributed by atoms with Crippen molar-refractivity contribution in [3.8, 4) is 0 Å². The Kier molecular flexibility index (Phi) is 4.27. The van der Waals surface area contributed by atoms with E-state index in [0.29, 0.717) is 6.47 Å². The molecule has 0 aliphatic carbocycles. The highest BCUT2D eigenvalue weighted by Gasteiger charge is 2.29. The van der Waals surface area contributed by atoms with E-state index in [-0.39, 0.29) is 20.2 Å². The third kappa shape index (κ3) is 3.06. The Labute approximate surface area is 103 Å². The molecule has 1 saturated heterocycles. The molecule has 0 spiro atoms. The van der Waals surface area contributed by atoms with E-state index in [9.17, 15) is 9.59 Å². The number of hydrogen-bond donors (Lipinski definition) is 0. The Hall–Kier alpha value is -1.92. The average Bonchev–Trinajstić information content (AvgIpc) is 2.81. The zero-order chi connectivity index (χ0) is 12.8. The van der Waals surface area contributed by atoms with Gasteiger partial charge in [0.1, 0.15) is 0 Å². The van der Waals surface area contributed by atoms with E-state index in [1.807, 2.05) is 6.07 Å². The number of carbonyl (C=O) groups is 2. The Balaban J connectivity index is 1.96. The summed E-state index contributed by atoms with van der Waals surface area (Å²) in [4.78, 5) is 21.3. The van der Waals surface area contributed by atoms with Crippen LogP contribution in [0.5, 0.6) is 0 Å². The largest absolute Gasteiger partial charge is 0.441 e. The van der Waals surface area contributed by atoms with Gasteiger partial charge in [0.05, 0.1) is 6.61 Å². The first-order valence-electron chi connectivity index (χ1n) is 5.31. The van der Waals surface area contributed by atoms with Crippen molar-refractivity contribution in [2.75, 3.05) is 13.6 Å². The van der Waals surface area contributed by atoms with Crippen LogP contribution in [0.2, 0.25) is 0 Å². The van der Waals surface area contributed by atoms with Crippen molar-refractivity contribution in [1.29, 1.82) is 0 Å². The minimum absolute atomic E-state index is 0.0165. The summed E-state index contributed by atoms with van der Waals surface area (Å²) in [5.74, 6) is -0.391. The molecule has 0 amide bonds. The standard InChI is InChI=1S/C12H12O6/c13-6-16-7-15-5-9-2-1-3-10(4-9)11-12(14)18-8-17-11/h1-4,6,11H,5,7-8H2/t11-/m0/s1. The molecule has 1 aliphatic rings. The molecule has 1 heterocycles. The number of ether oxygens (including phenoxy) is 4. The summed E-state index contributed by atoms with van der Waals surface area (Å²) in [6.45, 7) is 0.481. The van der Waals surface area contributed by atoms with E-state index in [1.165, 1.54) is 0 Å². The predicted octanol–water partition coefficient (Wildman–Crippen LogP) is 0.906. The van der Waals surface area contributed by atoms with Gasteiger partial charge in [0.25, 0.3) is 6.47 Å². The van der Waals surface area contributed by atoms with Crippen LogP contribution in [0.25, 0.3) is 0 Å². The maximum atomic E-state index is 11.3. The molecule has 0 N–H and O–H groups in total. The SMILES string of the molecule is O=COCOCc1cccc([C@@H]2OCOC2=O)c1. The van der Waals surface area contributed by atoms with Gasteiger partial charge >= 0.3 is 5.97 Å². The Bertz CT molecular complexity index is 430. The zero-order valence-corrected chi connectivity index (χ0v) is 9.53. The topological polar surface area (TPSA) is 71.1 Å². The number of esters is 1. The van der Waals surface area contributed by atoms with Crippen LogP contribution in [0, 0.1) is 0 Å². The molecule has 1 aliphatic heterocycles. The third-order valence-corrected chi connectivity index (χ3v) is 2.39. The molecule has 0 saturated carbocycles. The van der Waals surface area contributed by atoms with Gasteiger partial charge in [-0.05, 0) is 11.1 Å². The van der Waals surface area contributed by atoms with Crippen molar-refractivity contribution in [3.63, 3.8) is 0 Å². The molecule has 0 aromatic heterocycles. The number of hydrogen-bond acceptors (Lipinski definition) is 6.